The van der Waals surface area contributed by atoms with Crippen molar-refractivity contribution in [2.45, 2.75) is 72.8 Å². The molecule has 1 atom stereocenters. The van der Waals surface area contributed by atoms with E-state index in [1.807, 2.05) is 0 Å². The molecule has 1 N–H and O–H groups in total. The van der Waals surface area contributed by atoms with Gasteiger partial charge in [0.25, 0.3) is 0 Å². The maximum Gasteiger partial charge on any atom is 0.0784 e. The van der Waals surface area contributed by atoms with Crippen LogP contribution in [-0.2, 0) is 0 Å². The second-order valence-corrected chi connectivity index (χ2v) is 6.71. The molecule has 0 heterocycles. The fourth-order valence-electron chi connectivity index (χ4n) is 2.52. The Kier molecular flexibility index (Phi) is 7.74. The smallest absolute Gasteiger partial charge is 0.0784 e. The van der Waals surface area contributed by atoms with Crippen LogP contribution in [0, 0.1) is 5.92 Å². The summed E-state index contributed by atoms with van der Waals surface area (Å²) in [6, 6.07) is 0. The third-order valence-corrected chi connectivity index (χ3v) is 4.31. The molecule has 21 heavy (non-hydrogen) atoms. The Labute approximate surface area is 131 Å². The first-order chi connectivity index (χ1) is 9.90. The topological polar surface area (TPSA) is 20.2 Å². The van der Waals surface area contributed by atoms with Crippen molar-refractivity contribution in [3.05, 3.63) is 46.6 Å². The lowest BCUT2D eigenvalue weighted by Crippen LogP contribution is -2.12. The van der Waals surface area contributed by atoms with Crippen molar-refractivity contribution in [3.8, 4) is 0 Å². The largest absolute Gasteiger partial charge is 0.388 e. The average Bonchev–Trinajstić information content (AvgIpc) is 2.41. The van der Waals surface area contributed by atoms with Crippen LogP contribution in [-0.4, -0.2) is 11.2 Å². The zero-order valence-electron chi connectivity index (χ0n) is 14.4. The van der Waals surface area contributed by atoms with Gasteiger partial charge in [-0.15, -0.1) is 0 Å². The molecular weight excluding hydrogens is 256 g/mol. The first-order valence-electron chi connectivity index (χ1n) is 8.26. The first kappa shape index (κ1) is 18.0. The van der Waals surface area contributed by atoms with E-state index < -0.39 is 0 Å². The molecule has 0 saturated carbocycles. The molecule has 0 bridgehead atoms. The number of aliphatic hydroxyl groups excluding tert-OH is 1. The van der Waals surface area contributed by atoms with Crippen LogP contribution in [0.2, 0.25) is 0 Å². The van der Waals surface area contributed by atoms with Crippen LogP contribution in [0.15, 0.2) is 46.6 Å². The summed E-state index contributed by atoms with van der Waals surface area (Å²) < 4.78 is 0. The second kappa shape index (κ2) is 9.04. The van der Waals surface area contributed by atoms with Gasteiger partial charge in [0.05, 0.1) is 6.10 Å². The molecule has 0 spiro atoms. The summed E-state index contributed by atoms with van der Waals surface area (Å²) in [5, 5.41) is 10.4. The fourth-order valence-corrected chi connectivity index (χ4v) is 2.52. The summed E-state index contributed by atoms with van der Waals surface area (Å²) in [5.41, 5.74) is 5.30. The number of hydrogen-bond donors (Lipinski definition) is 1. The van der Waals surface area contributed by atoms with Gasteiger partial charge < -0.3 is 5.11 Å². The van der Waals surface area contributed by atoms with Gasteiger partial charge in [-0.2, -0.15) is 0 Å². The Bertz CT molecular complexity index is 446. The van der Waals surface area contributed by atoms with E-state index in [4.69, 9.17) is 0 Å². The third kappa shape index (κ3) is 6.95. The van der Waals surface area contributed by atoms with Gasteiger partial charge in [-0.05, 0) is 64.4 Å². The minimum Gasteiger partial charge on any atom is -0.388 e. The van der Waals surface area contributed by atoms with Crippen LogP contribution in [0.25, 0.3) is 0 Å². The lowest BCUT2D eigenvalue weighted by atomic mass is 9.92. The molecule has 0 radical (unpaired) electrons. The fraction of sp³-hybridized carbons (Fsp3) is 0.600. The molecular formula is C20H32O. The second-order valence-electron chi connectivity index (χ2n) is 6.71. The summed E-state index contributed by atoms with van der Waals surface area (Å²) in [7, 11) is 0. The maximum absolute atomic E-state index is 10.4. The van der Waals surface area contributed by atoms with Crippen molar-refractivity contribution in [3.63, 3.8) is 0 Å². The molecule has 0 aromatic rings. The Hall–Kier alpha value is -1.08. The van der Waals surface area contributed by atoms with E-state index in [1.165, 1.54) is 16.7 Å². The van der Waals surface area contributed by atoms with Crippen molar-refractivity contribution in [1.29, 1.82) is 0 Å². The molecule has 1 rings (SSSR count). The molecule has 0 aliphatic heterocycles. The highest BCUT2D eigenvalue weighted by Gasteiger charge is 2.12. The lowest BCUT2D eigenvalue weighted by Gasteiger charge is -2.17. The molecule has 1 aliphatic carbocycles. The minimum absolute atomic E-state index is 0.348. The van der Waals surface area contributed by atoms with Gasteiger partial charge in [0.2, 0.25) is 0 Å². The van der Waals surface area contributed by atoms with Crippen LogP contribution < -0.4 is 0 Å². The Morgan fingerprint density at radius 1 is 0.952 bits per heavy atom. The zero-order chi connectivity index (χ0) is 15.8. The van der Waals surface area contributed by atoms with Gasteiger partial charge in [0.15, 0.2) is 0 Å². The molecule has 0 aromatic carbocycles. The van der Waals surface area contributed by atoms with E-state index in [-0.39, 0.29) is 6.10 Å². The third-order valence-electron chi connectivity index (χ3n) is 4.31. The van der Waals surface area contributed by atoms with E-state index in [9.17, 15) is 5.11 Å². The van der Waals surface area contributed by atoms with Crippen molar-refractivity contribution in [2.24, 2.45) is 5.92 Å². The molecule has 0 fully saturated rings. The molecule has 0 aromatic heterocycles. The summed E-state index contributed by atoms with van der Waals surface area (Å²) in [5.74, 6) is 0.478. The Balaban J connectivity index is 2.99. The van der Waals surface area contributed by atoms with Crippen LogP contribution in [0.3, 0.4) is 0 Å². The number of hydrogen-bond acceptors (Lipinski definition) is 1. The van der Waals surface area contributed by atoms with Crippen molar-refractivity contribution in [1.82, 2.24) is 0 Å². The highest BCUT2D eigenvalue weighted by Crippen LogP contribution is 2.22. The SMILES string of the molecule is CC1=CC=C(C(C)C)CC(O)C(C)=CCCC(C)=CCC1. The van der Waals surface area contributed by atoms with Crippen molar-refractivity contribution < 1.29 is 5.11 Å². The lowest BCUT2D eigenvalue weighted by molar-refractivity contribution is 0.207. The normalized spacial score (nSPS) is 22.9. The van der Waals surface area contributed by atoms with Gasteiger partial charge in [-0.1, -0.05) is 54.9 Å². The summed E-state index contributed by atoms with van der Waals surface area (Å²) >= 11 is 0. The highest BCUT2D eigenvalue weighted by molar-refractivity contribution is 5.21. The van der Waals surface area contributed by atoms with E-state index in [0.717, 1.165) is 37.7 Å². The van der Waals surface area contributed by atoms with Gasteiger partial charge in [0.1, 0.15) is 0 Å². The van der Waals surface area contributed by atoms with E-state index in [2.05, 4.69) is 58.9 Å². The summed E-state index contributed by atoms with van der Waals surface area (Å²) in [4.78, 5) is 0. The molecule has 0 amide bonds. The maximum atomic E-state index is 10.4. The molecule has 1 aliphatic rings. The quantitative estimate of drug-likeness (QED) is 0.611. The molecule has 118 valence electrons. The minimum atomic E-state index is -0.348. The van der Waals surface area contributed by atoms with Crippen molar-refractivity contribution in [2.75, 3.05) is 0 Å². The van der Waals surface area contributed by atoms with Crippen molar-refractivity contribution >= 4 is 0 Å². The van der Waals surface area contributed by atoms with Gasteiger partial charge in [0, 0.05) is 0 Å². The van der Waals surface area contributed by atoms with Gasteiger partial charge in [-0.25, -0.2) is 0 Å². The van der Waals surface area contributed by atoms with Gasteiger partial charge in [-0.3, -0.25) is 0 Å². The zero-order valence-corrected chi connectivity index (χ0v) is 14.4. The standard InChI is InChI=1S/C20H32O/c1-15(2)19-13-12-17(4)9-6-8-16(3)10-7-11-18(5)20(21)14-19/h8,11-13,15,20-21H,6-7,9-10,14H2,1-5H3. The van der Waals surface area contributed by atoms with E-state index in [1.54, 1.807) is 0 Å². The molecule has 1 heteroatoms. The Morgan fingerprint density at radius 3 is 2.24 bits per heavy atom. The van der Waals surface area contributed by atoms with E-state index >= 15 is 0 Å². The predicted molar refractivity (Wildman–Crippen MR) is 93.3 cm³/mol. The number of rotatable bonds is 1. The van der Waals surface area contributed by atoms with Crippen LogP contribution in [0.1, 0.15) is 66.7 Å². The first-order valence-corrected chi connectivity index (χ1v) is 8.26. The van der Waals surface area contributed by atoms with Crippen LogP contribution in [0.5, 0.6) is 0 Å². The van der Waals surface area contributed by atoms with Gasteiger partial charge >= 0.3 is 0 Å². The molecule has 1 unspecified atom stereocenters. The van der Waals surface area contributed by atoms with Crippen LogP contribution in [0.4, 0.5) is 0 Å². The molecule has 0 saturated heterocycles. The highest BCUT2D eigenvalue weighted by atomic mass is 16.3. The number of allylic oxidation sites excluding steroid dienone is 6. The monoisotopic (exact) mass is 288 g/mol. The van der Waals surface area contributed by atoms with Crippen LogP contribution >= 0.6 is 0 Å². The summed E-state index contributed by atoms with van der Waals surface area (Å²) in [6.07, 6.45) is 13.8. The Morgan fingerprint density at radius 2 is 1.57 bits per heavy atom. The average molecular weight is 288 g/mol. The van der Waals surface area contributed by atoms with E-state index in [0.29, 0.717) is 5.92 Å². The number of aliphatic hydroxyl groups is 1. The predicted octanol–water partition coefficient (Wildman–Crippen LogP) is 5.73. The summed E-state index contributed by atoms with van der Waals surface area (Å²) in [6.45, 7) is 10.9. The molecule has 1 nitrogen and oxygen atoms in total.